The van der Waals surface area contributed by atoms with E-state index < -0.39 is 23.8 Å². The smallest absolute Gasteiger partial charge is 0.340 e. The van der Waals surface area contributed by atoms with Crippen LogP contribution < -0.4 is 5.32 Å². The van der Waals surface area contributed by atoms with E-state index in [0.29, 0.717) is 23.4 Å². The molecule has 2 atom stereocenters. The monoisotopic (exact) mass is 353 g/mol. The van der Waals surface area contributed by atoms with Gasteiger partial charge < -0.3 is 15.2 Å². The van der Waals surface area contributed by atoms with E-state index in [1.165, 1.54) is 18.4 Å². The molecule has 0 aromatic carbocycles. The van der Waals surface area contributed by atoms with Gasteiger partial charge in [0.15, 0.2) is 0 Å². The molecule has 2 N–H and O–H groups in total. The molecule has 132 valence electrons. The van der Waals surface area contributed by atoms with E-state index in [4.69, 9.17) is 4.74 Å². The number of carboxylic acid groups (broad SMARTS) is 1. The predicted molar refractivity (Wildman–Crippen MR) is 91.5 cm³/mol. The van der Waals surface area contributed by atoms with Gasteiger partial charge >= 0.3 is 11.9 Å². The van der Waals surface area contributed by atoms with E-state index in [2.05, 4.69) is 5.32 Å². The number of carbonyl (C=O) groups is 3. The third-order valence-electron chi connectivity index (χ3n) is 4.38. The molecule has 1 fully saturated rings. The first-order chi connectivity index (χ1) is 11.3. The van der Waals surface area contributed by atoms with Crippen LogP contribution in [0.15, 0.2) is 6.07 Å². The molecule has 1 heterocycles. The summed E-state index contributed by atoms with van der Waals surface area (Å²) in [6.45, 7) is 4.00. The lowest BCUT2D eigenvalue weighted by atomic mass is 9.79. The molecule has 1 aliphatic rings. The molecule has 24 heavy (non-hydrogen) atoms. The zero-order valence-corrected chi connectivity index (χ0v) is 14.9. The second kappa shape index (κ2) is 7.79. The molecule has 0 radical (unpaired) electrons. The predicted octanol–water partition coefficient (Wildman–Crippen LogP) is 3.49. The van der Waals surface area contributed by atoms with Gasteiger partial charge in [0.2, 0.25) is 5.91 Å². The third-order valence-corrected chi connectivity index (χ3v) is 5.73. The van der Waals surface area contributed by atoms with Crippen LogP contribution in [0.3, 0.4) is 0 Å². The molecule has 0 saturated heterocycles. The lowest BCUT2D eigenvalue weighted by molar-refractivity contribution is -0.147. The quantitative estimate of drug-likeness (QED) is 0.791. The minimum atomic E-state index is -0.933. The molecular weight excluding hydrogens is 330 g/mol. The SMILES string of the molecule is COC(=O)c1cc(C(C)C)sc1NC(=O)C1CCCCC1C(=O)O. The van der Waals surface area contributed by atoms with Gasteiger partial charge in [-0.25, -0.2) is 4.79 Å². The van der Waals surface area contributed by atoms with Gasteiger partial charge in [-0.3, -0.25) is 9.59 Å². The maximum absolute atomic E-state index is 12.6. The molecular formula is C17H23NO5S. The number of methoxy groups -OCH3 is 1. The normalized spacial score (nSPS) is 20.7. The number of aliphatic carboxylic acids is 1. The Morgan fingerprint density at radius 3 is 2.42 bits per heavy atom. The summed E-state index contributed by atoms with van der Waals surface area (Å²) in [5.41, 5.74) is 0.322. The van der Waals surface area contributed by atoms with Crippen molar-refractivity contribution in [2.75, 3.05) is 12.4 Å². The van der Waals surface area contributed by atoms with Gasteiger partial charge in [0.25, 0.3) is 0 Å². The summed E-state index contributed by atoms with van der Waals surface area (Å²) in [4.78, 5) is 36.9. The first-order valence-corrected chi connectivity index (χ1v) is 8.92. The summed E-state index contributed by atoms with van der Waals surface area (Å²) in [5, 5.41) is 12.5. The van der Waals surface area contributed by atoms with Crippen molar-refractivity contribution < 1.29 is 24.2 Å². The Morgan fingerprint density at radius 2 is 1.88 bits per heavy atom. The number of carboxylic acids is 1. The molecule has 7 heteroatoms. The van der Waals surface area contributed by atoms with Gasteiger partial charge in [-0.1, -0.05) is 26.7 Å². The fourth-order valence-corrected chi connectivity index (χ4v) is 4.05. The second-order valence-corrected chi connectivity index (χ2v) is 7.45. The average molecular weight is 353 g/mol. The molecule has 0 bridgehead atoms. The van der Waals surface area contributed by atoms with Crippen LogP contribution >= 0.6 is 11.3 Å². The Morgan fingerprint density at radius 1 is 1.25 bits per heavy atom. The Kier molecular flexibility index (Phi) is 5.99. The summed E-state index contributed by atoms with van der Waals surface area (Å²) in [7, 11) is 1.29. The van der Waals surface area contributed by atoms with Crippen molar-refractivity contribution in [1.82, 2.24) is 0 Å². The number of nitrogens with one attached hydrogen (secondary N) is 1. The van der Waals surface area contributed by atoms with Gasteiger partial charge in [0.05, 0.1) is 24.5 Å². The highest BCUT2D eigenvalue weighted by molar-refractivity contribution is 7.16. The average Bonchev–Trinajstić information content (AvgIpc) is 2.98. The number of anilines is 1. The molecule has 1 aromatic heterocycles. The van der Waals surface area contributed by atoms with Gasteiger partial charge in [-0.15, -0.1) is 11.3 Å². The fourth-order valence-electron chi connectivity index (χ4n) is 2.99. The molecule has 1 aliphatic carbocycles. The first-order valence-electron chi connectivity index (χ1n) is 8.10. The van der Waals surface area contributed by atoms with E-state index in [1.54, 1.807) is 6.07 Å². The van der Waals surface area contributed by atoms with E-state index in [1.807, 2.05) is 13.8 Å². The van der Waals surface area contributed by atoms with Crippen LogP contribution in [-0.4, -0.2) is 30.1 Å². The molecule has 1 aromatic rings. The largest absolute Gasteiger partial charge is 0.481 e. The molecule has 2 unspecified atom stereocenters. The van der Waals surface area contributed by atoms with Gasteiger partial charge in [-0.2, -0.15) is 0 Å². The number of hydrogen-bond donors (Lipinski definition) is 2. The number of carbonyl (C=O) groups excluding carboxylic acids is 2. The molecule has 0 spiro atoms. The van der Waals surface area contributed by atoms with Crippen molar-refractivity contribution in [2.45, 2.75) is 45.4 Å². The number of hydrogen-bond acceptors (Lipinski definition) is 5. The first kappa shape index (κ1) is 18.4. The van der Waals surface area contributed by atoms with Gasteiger partial charge in [0.1, 0.15) is 5.00 Å². The standard InChI is InChI=1S/C17H23NO5S/c1-9(2)13-8-12(17(22)23-3)15(24-13)18-14(19)10-6-4-5-7-11(10)16(20)21/h8-11H,4-7H2,1-3H3,(H,18,19)(H,20,21). The number of amides is 1. The van der Waals surface area contributed by atoms with Crippen molar-refractivity contribution in [2.24, 2.45) is 11.8 Å². The Hall–Kier alpha value is -1.89. The van der Waals surface area contributed by atoms with Crippen LogP contribution in [0, 0.1) is 11.8 Å². The lowest BCUT2D eigenvalue weighted by Gasteiger charge is -2.27. The minimum absolute atomic E-state index is 0.213. The van der Waals surface area contributed by atoms with Gasteiger partial charge in [-0.05, 0) is 24.8 Å². The third kappa shape index (κ3) is 3.95. The summed E-state index contributed by atoms with van der Waals surface area (Å²) >= 11 is 1.33. The zero-order chi connectivity index (χ0) is 17.9. The molecule has 2 rings (SSSR count). The number of thiophene rings is 1. The second-order valence-electron chi connectivity index (χ2n) is 6.36. The minimum Gasteiger partial charge on any atom is -0.481 e. The van der Waals surface area contributed by atoms with Crippen LogP contribution in [0.5, 0.6) is 0 Å². The van der Waals surface area contributed by atoms with Crippen LogP contribution in [0.4, 0.5) is 5.00 Å². The van der Waals surface area contributed by atoms with Crippen LogP contribution in [0.1, 0.15) is 60.7 Å². The highest BCUT2D eigenvalue weighted by Crippen LogP contribution is 2.36. The zero-order valence-electron chi connectivity index (χ0n) is 14.1. The molecule has 0 aliphatic heterocycles. The fraction of sp³-hybridized carbons (Fsp3) is 0.588. The number of ether oxygens (including phenoxy) is 1. The highest BCUT2D eigenvalue weighted by atomic mass is 32.1. The van der Waals surface area contributed by atoms with Crippen molar-refractivity contribution in [3.05, 3.63) is 16.5 Å². The molecule has 1 saturated carbocycles. The maximum atomic E-state index is 12.6. The summed E-state index contributed by atoms with van der Waals surface area (Å²) in [6.07, 6.45) is 2.73. The van der Waals surface area contributed by atoms with Crippen molar-refractivity contribution in [3.8, 4) is 0 Å². The van der Waals surface area contributed by atoms with Crippen molar-refractivity contribution in [3.63, 3.8) is 0 Å². The van der Waals surface area contributed by atoms with Crippen LogP contribution in [0.25, 0.3) is 0 Å². The molecule has 6 nitrogen and oxygen atoms in total. The Labute approximate surface area is 145 Å². The van der Waals surface area contributed by atoms with Crippen LogP contribution in [0.2, 0.25) is 0 Å². The Bertz CT molecular complexity index is 637. The maximum Gasteiger partial charge on any atom is 0.340 e. The highest BCUT2D eigenvalue weighted by Gasteiger charge is 2.36. The molecule has 1 amide bonds. The Balaban J connectivity index is 2.24. The van der Waals surface area contributed by atoms with E-state index >= 15 is 0 Å². The van der Waals surface area contributed by atoms with Crippen LogP contribution in [-0.2, 0) is 14.3 Å². The van der Waals surface area contributed by atoms with E-state index in [0.717, 1.165) is 17.7 Å². The number of rotatable bonds is 5. The van der Waals surface area contributed by atoms with Crippen molar-refractivity contribution >= 4 is 34.2 Å². The summed E-state index contributed by atoms with van der Waals surface area (Å²) < 4.78 is 4.78. The van der Waals surface area contributed by atoms with Crippen molar-refractivity contribution in [1.29, 1.82) is 0 Å². The van der Waals surface area contributed by atoms with E-state index in [-0.39, 0.29) is 11.8 Å². The summed E-state index contributed by atoms with van der Waals surface area (Å²) in [6, 6.07) is 1.73. The summed E-state index contributed by atoms with van der Waals surface area (Å²) in [5.74, 6) is -2.78. The topological polar surface area (TPSA) is 92.7 Å². The number of esters is 1. The van der Waals surface area contributed by atoms with E-state index in [9.17, 15) is 19.5 Å². The lowest BCUT2D eigenvalue weighted by Crippen LogP contribution is -2.36. The van der Waals surface area contributed by atoms with Gasteiger partial charge in [0, 0.05) is 4.88 Å².